The summed E-state index contributed by atoms with van der Waals surface area (Å²) in [5.41, 5.74) is 0. The van der Waals surface area contributed by atoms with Crippen LogP contribution in [-0.2, 0) is 9.63 Å². The van der Waals surface area contributed by atoms with Crippen molar-refractivity contribution in [2.75, 3.05) is 0 Å². The molecule has 0 saturated heterocycles. The predicted molar refractivity (Wildman–Crippen MR) is 99.8 cm³/mol. The first-order valence-corrected chi connectivity index (χ1v) is 9.20. The molecule has 0 heterocycles. The zero-order valence-corrected chi connectivity index (χ0v) is 14.2. The van der Waals surface area contributed by atoms with Gasteiger partial charge in [0.25, 0.3) is 0 Å². The van der Waals surface area contributed by atoms with Crippen molar-refractivity contribution in [1.82, 2.24) is 0 Å². The molecule has 0 atom stereocenters. The minimum atomic E-state index is -0.287. The minimum Gasteiger partial charge on any atom is -0.373 e. The van der Waals surface area contributed by atoms with Crippen LogP contribution in [0.4, 0.5) is 0 Å². The Morgan fingerprint density at radius 3 is 1.32 bits per heavy atom. The predicted octanol–water partition coefficient (Wildman–Crippen LogP) is 4.48. The van der Waals surface area contributed by atoms with Crippen molar-refractivity contribution in [3.63, 3.8) is 0 Å². The van der Waals surface area contributed by atoms with Crippen molar-refractivity contribution in [2.24, 2.45) is 5.90 Å². The monoisotopic (exact) mass is 329 g/mol. The van der Waals surface area contributed by atoms with Crippen LogP contribution in [-0.4, -0.2) is 23.3 Å². The van der Waals surface area contributed by atoms with Gasteiger partial charge in [0.1, 0.15) is 0 Å². The average molecular weight is 330 g/mol. The summed E-state index contributed by atoms with van der Waals surface area (Å²) in [4.78, 5) is 14.9. The highest BCUT2D eigenvalue weighted by Crippen LogP contribution is 2.13. The van der Waals surface area contributed by atoms with Gasteiger partial charge in [0.15, 0.2) is 17.4 Å². The lowest BCUT2D eigenvalue weighted by atomic mass is 10.0. The van der Waals surface area contributed by atoms with Gasteiger partial charge in [-0.1, -0.05) is 96.8 Å². The largest absolute Gasteiger partial charge is 0.373 e. The molecule has 2 N–H and O–H groups in total. The van der Waals surface area contributed by atoms with Gasteiger partial charge >= 0.3 is 5.97 Å². The fourth-order valence-corrected chi connectivity index (χ4v) is 2.70. The SMILES string of the molecule is CCCCCCCCCCCCCCCCCC(=O)ON.[AlH3]. The molecule has 0 saturated carbocycles. The molecule has 22 heavy (non-hydrogen) atoms. The van der Waals surface area contributed by atoms with Gasteiger partial charge < -0.3 is 4.84 Å². The Labute approximate surface area is 148 Å². The lowest BCUT2D eigenvalue weighted by molar-refractivity contribution is -0.144. The van der Waals surface area contributed by atoms with Gasteiger partial charge in [-0.3, -0.25) is 4.79 Å². The average Bonchev–Trinajstić information content (AvgIpc) is 2.50. The highest BCUT2D eigenvalue weighted by molar-refractivity contribution is 5.75. The fourth-order valence-electron chi connectivity index (χ4n) is 2.70. The van der Waals surface area contributed by atoms with Crippen LogP contribution in [0.15, 0.2) is 0 Å². The maximum Gasteiger partial charge on any atom is 0.324 e. The Hall–Kier alpha value is -0.0375. The normalized spacial score (nSPS) is 10.3. The second-order valence-electron chi connectivity index (χ2n) is 6.19. The number of unbranched alkanes of at least 4 members (excludes halogenated alkanes) is 14. The highest BCUT2D eigenvalue weighted by Gasteiger charge is 1.99. The number of hydrogen-bond acceptors (Lipinski definition) is 3. The lowest BCUT2D eigenvalue weighted by Crippen LogP contribution is -2.08. The third-order valence-electron chi connectivity index (χ3n) is 4.12. The maximum atomic E-state index is 10.8. The summed E-state index contributed by atoms with van der Waals surface area (Å²) in [5, 5.41) is 0. The van der Waals surface area contributed by atoms with Crippen molar-refractivity contribution < 1.29 is 9.63 Å². The molecular weight excluding hydrogens is 289 g/mol. The zero-order valence-electron chi connectivity index (χ0n) is 14.2. The van der Waals surface area contributed by atoms with Crippen LogP contribution < -0.4 is 5.90 Å². The van der Waals surface area contributed by atoms with Gasteiger partial charge in [0, 0.05) is 6.42 Å². The smallest absolute Gasteiger partial charge is 0.324 e. The molecular formula is C18H40AlNO2. The van der Waals surface area contributed by atoms with E-state index in [1.165, 1.54) is 83.5 Å². The van der Waals surface area contributed by atoms with E-state index in [-0.39, 0.29) is 23.3 Å². The molecule has 0 aliphatic heterocycles. The molecule has 0 fully saturated rings. The molecule has 0 aromatic carbocycles. The van der Waals surface area contributed by atoms with Crippen molar-refractivity contribution in [1.29, 1.82) is 0 Å². The first kappa shape index (κ1) is 24.2. The Morgan fingerprint density at radius 2 is 1.00 bits per heavy atom. The van der Waals surface area contributed by atoms with E-state index < -0.39 is 0 Å². The minimum absolute atomic E-state index is 0. The molecule has 0 aromatic rings. The van der Waals surface area contributed by atoms with Gasteiger partial charge in [-0.2, -0.15) is 5.90 Å². The van der Waals surface area contributed by atoms with E-state index >= 15 is 0 Å². The molecule has 132 valence electrons. The van der Waals surface area contributed by atoms with Crippen molar-refractivity contribution in [2.45, 2.75) is 110 Å². The van der Waals surface area contributed by atoms with Gasteiger partial charge in [-0.15, -0.1) is 0 Å². The second-order valence-corrected chi connectivity index (χ2v) is 6.19. The van der Waals surface area contributed by atoms with Crippen LogP contribution >= 0.6 is 0 Å². The second kappa shape index (κ2) is 21.0. The van der Waals surface area contributed by atoms with E-state index in [0.717, 1.165) is 12.8 Å². The quantitative estimate of drug-likeness (QED) is 0.258. The van der Waals surface area contributed by atoms with Gasteiger partial charge in [-0.05, 0) is 6.42 Å². The first-order valence-electron chi connectivity index (χ1n) is 9.20. The molecule has 0 rings (SSSR count). The lowest BCUT2D eigenvalue weighted by Gasteiger charge is -2.03. The first-order chi connectivity index (χ1) is 10.3. The molecule has 0 aliphatic carbocycles. The maximum absolute atomic E-state index is 10.8. The summed E-state index contributed by atoms with van der Waals surface area (Å²) in [6, 6.07) is 0. The molecule has 0 radical (unpaired) electrons. The van der Waals surface area contributed by atoms with Gasteiger partial charge in [0.2, 0.25) is 0 Å². The zero-order chi connectivity index (χ0) is 15.6. The highest BCUT2D eigenvalue weighted by atomic mass is 27.0. The third-order valence-corrected chi connectivity index (χ3v) is 4.12. The standard InChI is InChI=1S/C18H37NO2.Al.3H/c1-2-3-4-5-6-7-8-9-10-11-12-13-14-15-16-17-18(20)21-19;;;;/h2-17,19H2,1H3;;;;. The molecule has 0 spiro atoms. The van der Waals surface area contributed by atoms with Gasteiger partial charge in [-0.25, -0.2) is 0 Å². The summed E-state index contributed by atoms with van der Waals surface area (Å²) in [6.07, 6.45) is 20.5. The van der Waals surface area contributed by atoms with Crippen LogP contribution in [0.25, 0.3) is 0 Å². The molecule has 0 amide bonds. The number of hydrogen-bond donors (Lipinski definition) is 1. The van der Waals surface area contributed by atoms with Crippen LogP contribution in [0, 0.1) is 0 Å². The van der Waals surface area contributed by atoms with E-state index in [1.54, 1.807) is 0 Å². The molecule has 0 bridgehead atoms. The number of carbonyl (C=O) groups excluding carboxylic acids is 1. The third kappa shape index (κ3) is 20.0. The van der Waals surface area contributed by atoms with Crippen LogP contribution in [0.2, 0.25) is 0 Å². The van der Waals surface area contributed by atoms with E-state index in [0.29, 0.717) is 6.42 Å². The van der Waals surface area contributed by atoms with Crippen molar-refractivity contribution >= 4 is 23.3 Å². The molecule has 0 aromatic heterocycles. The van der Waals surface area contributed by atoms with E-state index in [9.17, 15) is 4.79 Å². The molecule has 4 heteroatoms. The Kier molecular flexibility index (Phi) is 23.1. The Bertz CT molecular complexity index is 225. The molecule has 0 unspecified atom stereocenters. The van der Waals surface area contributed by atoms with Crippen LogP contribution in [0.1, 0.15) is 110 Å². The number of nitrogens with two attached hydrogens (primary N) is 1. The van der Waals surface area contributed by atoms with Crippen LogP contribution in [0.3, 0.4) is 0 Å². The topological polar surface area (TPSA) is 52.3 Å². The van der Waals surface area contributed by atoms with Crippen molar-refractivity contribution in [3.05, 3.63) is 0 Å². The fraction of sp³-hybridized carbons (Fsp3) is 0.944. The van der Waals surface area contributed by atoms with Crippen molar-refractivity contribution in [3.8, 4) is 0 Å². The summed E-state index contributed by atoms with van der Waals surface area (Å²) < 4.78 is 0. The number of rotatable bonds is 16. The molecule has 0 aliphatic rings. The van der Waals surface area contributed by atoms with E-state index in [2.05, 4.69) is 11.8 Å². The summed E-state index contributed by atoms with van der Waals surface area (Å²) in [7, 11) is 0. The van der Waals surface area contributed by atoms with E-state index in [4.69, 9.17) is 5.90 Å². The summed E-state index contributed by atoms with van der Waals surface area (Å²) in [6.45, 7) is 2.27. The number of carbonyl (C=O) groups is 1. The van der Waals surface area contributed by atoms with Gasteiger partial charge in [0.05, 0.1) is 0 Å². The molecule has 3 nitrogen and oxygen atoms in total. The Balaban J connectivity index is 0. The van der Waals surface area contributed by atoms with Crippen LogP contribution in [0.5, 0.6) is 0 Å². The summed E-state index contributed by atoms with van der Waals surface area (Å²) in [5.74, 6) is 4.50. The van der Waals surface area contributed by atoms with E-state index in [1.807, 2.05) is 0 Å². The summed E-state index contributed by atoms with van der Waals surface area (Å²) >= 11 is 0. The Morgan fingerprint density at radius 1 is 0.682 bits per heavy atom.